The second-order valence-corrected chi connectivity index (χ2v) is 10.2. The monoisotopic (exact) mass is 508 g/mol. The van der Waals surface area contributed by atoms with Crippen LogP contribution >= 0.6 is 0 Å². The summed E-state index contributed by atoms with van der Waals surface area (Å²) in [6, 6.07) is 21.6. The molecule has 3 aliphatic rings. The molecule has 2 aliphatic heterocycles. The van der Waals surface area contributed by atoms with Crippen molar-refractivity contribution in [1.82, 2.24) is 0 Å². The summed E-state index contributed by atoms with van der Waals surface area (Å²) in [5.74, 6) is -1.14. The quantitative estimate of drug-likeness (QED) is 0.481. The standard InChI is InChI=1S/C31H28N2O5/c32-19-31(14-4-1-5-15-31)21-9-11-22(12-10-21)33-28(20-8-13-25-26(18-20)38-17-16-37-25)27(30(35)36)23-6-2-3-7-24(23)29(33)34/h2-3,6-13,18,27-28H,1,4-5,14-17H2,(H,35,36)/t27-,28+/m0/s1. The van der Waals surface area contributed by atoms with Crippen molar-refractivity contribution in [2.24, 2.45) is 0 Å². The van der Waals surface area contributed by atoms with Crippen molar-refractivity contribution in [2.45, 2.75) is 49.5 Å². The molecule has 1 fully saturated rings. The van der Waals surface area contributed by atoms with E-state index in [1.807, 2.05) is 30.3 Å². The fourth-order valence-electron chi connectivity index (χ4n) is 6.23. The lowest BCUT2D eigenvalue weighted by Gasteiger charge is -2.41. The molecule has 7 heteroatoms. The molecular weight excluding hydrogens is 480 g/mol. The van der Waals surface area contributed by atoms with Crippen LogP contribution in [0.4, 0.5) is 5.69 Å². The number of nitriles is 1. The number of fused-ring (bicyclic) bond motifs is 2. The van der Waals surface area contributed by atoms with Gasteiger partial charge in [0.25, 0.3) is 5.91 Å². The zero-order chi connectivity index (χ0) is 26.3. The van der Waals surface area contributed by atoms with Gasteiger partial charge in [-0.15, -0.1) is 0 Å². The molecule has 6 rings (SSSR count). The number of carbonyl (C=O) groups excluding carboxylic acids is 1. The van der Waals surface area contributed by atoms with Gasteiger partial charge in [-0.2, -0.15) is 5.26 Å². The van der Waals surface area contributed by atoms with E-state index in [-0.39, 0.29) is 5.91 Å². The molecule has 1 aliphatic carbocycles. The van der Waals surface area contributed by atoms with Crippen LogP contribution in [0.3, 0.4) is 0 Å². The van der Waals surface area contributed by atoms with Gasteiger partial charge in [-0.25, -0.2) is 0 Å². The smallest absolute Gasteiger partial charge is 0.313 e. The van der Waals surface area contributed by atoms with Gasteiger partial charge in [0.05, 0.1) is 17.5 Å². The molecule has 3 aromatic rings. The van der Waals surface area contributed by atoms with Gasteiger partial charge in [-0.05, 0) is 59.9 Å². The number of carboxylic acid groups (broad SMARTS) is 1. The highest BCUT2D eigenvalue weighted by Gasteiger charge is 2.45. The Morgan fingerprint density at radius 1 is 0.947 bits per heavy atom. The van der Waals surface area contributed by atoms with Crippen LogP contribution in [0.2, 0.25) is 0 Å². The Morgan fingerprint density at radius 2 is 1.66 bits per heavy atom. The van der Waals surface area contributed by atoms with Gasteiger partial charge in [0.2, 0.25) is 0 Å². The maximum Gasteiger partial charge on any atom is 0.313 e. The highest BCUT2D eigenvalue weighted by atomic mass is 16.6. The topological polar surface area (TPSA) is 99.9 Å². The number of hydrogen-bond acceptors (Lipinski definition) is 5. The molecule has 3 aromatic carbocycles. The summed E-state index contributed by atoms with van der Waals surface area (Å²) in [6.45, 7) is 0.846. The van der Waals surface area contributed by atoms with E-state index in [0.717, 1.165) is 37.7 Å². The average molecular weight is 509 g/mol. The van der Waals surface area contributed by atoms with E-state index in [9.17, 15) is 20.0 Å². The highest BCUT2D eigenvalue weighted by Crippen LogP contribution is 2.47. The molecule has 7 nitrogen and oxygen atoms in total. The summed E-state index contributed by atoms with van der Waals surface area (Å²) in [5.41, 5.74) is 2.52. The van der Waals surface area contributed by atoms with Crippen molar-refractivity contribution in [3.05, 3.63) is 89.0 Å². The maximum atomic E-state index is 14.0. The van der Waals surface area contributed by atoms with Crippen LogP contribution in [0.1, 0.15) is 71.1 Å². The van der Waals surface area contributed by atoms with Gasteiger partial charge in [-0.3, -0.25) is 14.5 Å². The Bertz CT molecular complexity index is 1440. The predicted molar refractivity (Wildman–Crippen MR) is 141 cm³/mol. The third kappa shape index (κ3) is 3.88. The van der Waals surface area contributed by atoms with Crippen LogP contribution in [0, 0.1) is 11.3 Å². The summed E-state index contributed by atoms with van der Waals surface area (Å²) in [7, 11) is 0. The Kier molecular flexibility index (Phi) is 6.03. The van der Waals surface area contributed by atoms with Crippen molar-refractivity contribution in [3.63, 3.8) is 0 Å². The van der Waals surface area contributed by atoms with E-state index < -0.39 is 23.3 Å². The molecule has 1 saturated carbocycles. The number of ether oxygens (including phenoxy) is 2. The number of amides is 1. The van der Waals surface area contributed by atoms with Crippen LogP contribution in [-0.4, -0.2) is 30.2 Å². The van der Waals surface area contributed by atoms with E-state index in [4.69, 9.17) is 9.47 Å². The Labute approximate surface area is 221 Å². The lowest BCUT2D eigenvalue weighted by molar-refractivity contribution is -0.139. The Morgan fingerprint density at radius 3 is 2.37 bits per heavy atom. The second-order valence-electron chi connectivity index (χ2n) is 10.2. The van der Waals surface area contributed by atoms with E-state index in [1.165, 1.54) is 0 Å². The Hall–Kier alpha value is -4.31. The van der Waals surface area contributed by atoms with Crippen molar-refractivity contribution < 1.29 is 24.2 Å². The molecule has 0 aromatic heterocycles. The van der Waals surface area contributed by atoms with Crippen molar-refractivity contribution in [2.75, 3.05) is 18.1 Å². The molecule has 0 bridgehead atoms. The van der Waals surface area contributed by atoms with Gasteiger partial charge in [0.15, 0.2) is 11.5 Å². The molecule has 2 atom stereocenters. The third-order valence-electron chi connectivity index (χ3n) is 8.13. The van der Waals surface area contributed by atoms with E-state index in [0.29, 0.717) is 47.1 Å². The lowest BCUT2D eigenvalue weighted by Crippen LogP contribution is -2.45. The van der Waals surface area contributed by atoms with E-state index >= 15 is 0 Å². The molecule has 1 amide bonds. The molecule has 1 N–H and O–H groups in total. The first-order valence-corrected chi connectivity index (χ1v) is 13.1. The number of carboxylic acids is 1. The first-order valence-electron chi connectivity index (χ1n) is 13.1. The van der Waals surface area contributed by atoms with Gasteiger partial charge in [0.1, 0.15) is 19.1 Å². The highest BCUT2D eigenvalue weighted by molar-refractivity contribution is 6.11. The normalized spacial score (nSPS) is 21.8. The first-order chi connectivity index (χ1) is 18.5. The second kappa shape index (κ2) is 9.53. The van der Waals surface area contributed by atoms with Crippen LogP contribution in [-0.2, 0) is 10.2 Å². The average Bonchev–Trinajstić information content (AvgIpc) is 2.97. The third-order valence-corrected chi connectivity index (χ3v) is 8.13. The summed E-state index contributed by atoms with van der Waals surface area (Å²) in [4.78, 5) is 28.4. The van der Waals surface area contributed by atoms with Crippen LogP contribution in [0.25, 0.3) is 0 Å². The molecule has 38 heavy (non-hydrogen) atoms. The summed E-state index contributed by atoms with van der Waals surface area (Å²) < 4.78 is 11.5. The minimum Gasteiger partial charge on any atom is -0.486 e. The minimum absolute atomic E-state index is 0.265. The first kappa shape index (κ1) is 24.1. The van der Waals surface area contributed by atoms with E-state index in [2.05, 4.69) is 6.07 Å². The van der Waals surface area contributed by atoms with Gasteiger partial charge in [-0.1, -0.05) is 55.7 Å². The zero-order valence-corrected chi connectivity index (χ0v) is 20.9. The molecule has 0 spiro atoms. The molecule has 0 unspecified atom stereocenters. The summed E-state index contributed by atoms with van der Waals surface area (Å²) in [6.07, 6.45) is 4.81. The minimum atomic E-state index is -1.02. The lowest BCUT2D eigenvalue weighted by atomic mass is 9.70. The zero-order valence-electron chi connectivity index (χ0n) is 20.9. The molecule has 0 radical (unpaired) electrons. The number of hydrogen-bond donors (Lipinski definition) is 1. The van der Waals surface area contributed by atoms with Crippen molar-refractivity contribution in [1.29, 1.82) is 5.26 Å². The fraction of sp³-hybridized carbons (Fsp3) is 0.323. The van der Waals surface area contributed by atoms with E-state index in [1.54, 1.807) is 41.3 Å². The molecular formula is C31H28N2O5. The van der Waals surface area contributed by atoms with Crippen LogP contribution in [0.15, 0.2) is 66.7 Å². The van der Waals surface area contributed by atoms with Crippen LogP contribution in [0.5, 0.6) is 11.5 Å². The van der Waals surface area contributed by atoms with Crippen molar-refractivity contribution >= 4 is 17.6 Å². The number of rotatable bonds is 4. The number of aliphatic carboxylic acids is 1. The molecule has 192 valence electrons. The number of nitrogens with zero attached hydrogens (tertiary/aromatic N) is 2. The van der Waals surface area contributed by atoms with Crippen molar-refractivity contribution in [3.8, 4) is 17.6 Å². The van der Waals surface area contributed by atoms with Gasteiger partial charge >= 0.3 is 5.97 Å². The number of benzene rings is 3. The summed E-state index contributed by atoms with van der Waals surface area (Å²) >= 11 is 0. The SMILES string of the molecule is N#CC1(c2ccc(N3C(=O)c4ccccc4[C@H](C(=O)O)[C@H]3c3ccc4c(c3)OCCO4)cc2)CCCCC1. The molecule has 2 heterocycles. The predicted octanol–water partition coefficient (Wildman–Crippen LogP) is 5.75. The largest absolute Gasteiger partial charge is 0.486 e. The fourth-order valence-corrected chi connectivity index (χ4v) is 6.23. The summed E-state index contributed by atoms with van der Waals surface area (Å²) in [5, 5.41) is 20.5. The maximum absolute atomic E-state index is 14.0. The van der Waals surface area contributed by atoms with Gasteiger partial charge in [0, 0.05) is 11.3 Å². The van der Waals surface area contributed by atoms with Gasteiger partial charge < -0.3 is 14.6 Å². The number of anilines is 1. The Balaban J connectivity index is 1.48. The molecule has 0 saturated heterocycles. The van der Waals surface area contributed by atoms with Crippen LogP contribution < -0.4 is 14.4 Å². The number of carbonyl (C=O) groups is 2.